The third-order valence-corrected chi connectivity index (χ3v) is 7.62. The SMILES string of the molecule is CC(C)(C)OC(=O)NC(CC(=O)N1CCCC1C#N)C12CC3CC(CC(C3)C1)C2. The van der Waals surface area contributed by atoms with Crippen LogP contribution < -0.4 is 5.32 Å². The number of rotatable bonds is 4. The van der Waals surface area contributed by atoms with Crippen LogP contribution in [0.5, 0.6) is 0 Å². The smallest absolute Gasteiger partial charge is 0.407 e. The molecule has 4 aliphatic carbocycles. The molecule has 2 atom stereocenters. The highest BCUT2D eigenvalue weighted by atomic mass is 16.6. The summed E-state index contributed by atoms with van der Waals surface area (Å²) < 4.78 is 5.55. The summed E-state index contributed by atoms with van der Waals surface area (Å²) in [6.45, 7) is 6.23. The molecule has 0 radical (unpaired) electrons. The van der Waals surface area contributed by atoms with Gasteiger partial charge in [0.05, 0.1) is 6.07 Å². The quantitative estimate of drug-likeness (QED) is 0.772. The Morgan fingerprint density at radius 2 is 1.76 bits per heavy atom. The second-order valence-corrected chi connectivity index (χ2v) is 11.1. The van der Waals surface area contributed by atoms with Crippen LogP contribution in [-0.2, 0) is 9.53 Å². The molecule has 5 aliphatic rings. The second kappa shape index (κ2) is 7.49. The first-order chi connectivity index (χ1) is 13.7. The molecule has 4 bridgehead atoms. The van der Waals surface area contributed by atoms with Gasteiger partial charge < -0.3 is 15.0 Å². The van der Waals surface area contributed by atoms with Crippen LogP contribution in [0.25, 0.3) is 0 Å². The van der Waals surface area contributed by atoms with Crippen LogP contribution in [0.15, 0.2) is 0 Å². The molecule has 2 amide bonds. The highest BCUT2D eigenvalue weighted by molar-refractivity contribution is 5.79. The summed E-state index contributed by atoms with van der Waals surface area (Å²) in [6.07, 6.45) is 8.75. The predicted molar refractivity (Wildman–Crippen MR) is 109 cm³/mol. The van der Waals surface area contributed by atoms with Crippen molar-refractivity contribution in [2.45, 2.75) is 96.2 Å². The molecule has 1 N–H and O–H groups in total. The highest BCUT2D eigenvalue weighted by Crippen LogP contribution is 2.61. The zero-order valence-corrected chi connectivity index (χ0v) is 18.1. The number of nitriles is 1. The Balaban J connectivity index is 1.54. The Labute approximate surface area is 174 Å². The number of hydrogen-bond acceptors (Lipinski definition) is 4. The molecule has 2 unspecified atom stereocenters. The van der Waals surface area contributed by atoms with Crippen molar-refractivity contribution in [2.75, 3.05) is 6.54 Å². The van der Waals surface area contributed by atoms with E-state index in [1.807, 2.05) is 20.8 Å². The maximum Gasteiger partial charge on any atom is 0.407 e. The Morgan fingerprint density at radius 1 is 1.17 bits per heavy atom. The van der Waals surface area contributed by atoms with E-state index in [0.717, 1.165) is 49.9 Å². The number of hydrogen-bond donors (Lipinski definition) is 1. The van der Waals surface area contributed by atoms with Gasteiger partial charge in [0.25, 0.3) is 0 Å². The van der Waals surface area contributed by atoms with Gasteiger partial charge in [-0.1, -0.05) is 0 Å². The lowest BCUT2D eigenvalue weighted by Gasteiger charge is -2.59. The second-order valence-electron chi connectivity index (χ2n) is 11.1. The maximum atomic E-state index is 13.2. The Kier molecular flexibility index (Phi) is 5.29. The molecule has 0 aromatic carbocycles. The molecule has 0 aromatic heterocycles. The van der Waals surface area contributed by atoms with E-state index in [-0.39, 0.29) is 29.8 Å². The zero-order valence-electron chi connectivity index (χ0n) is 18.1. The van der Waals surface area contributed by atoms with Crippen LogP contribution in [0.4, 0.5) is 4.79 Å². The standard InChI is InChI=1S/C23H35N3O3/c1-22(2,3)29-21(28)25-19(10-20(27)26-6-4-5-18(26)14-24)23-11-15-7-16(12-23)9-17(8-15)13-23/h15-19H,4-13H2,1-3H3,(H,25,28). The molecule has 0 spiro atoms. The van der Waals surface area contributed by atoms with Crippen LogP contribution in [0.3, 0.4) is 0 Å². The van der Waals surface area contributed by atoms with Crippen molar-refractivity contribution in [1.29, 1.82) is 5.26 Å². The van der Waals surface area contributed by atoms with E-state index in [2.05, 4.69) is 11.4 Å². The van der Waals surface area contributed by atoms with Gasteiger partial charge in [-0.25, -0.2) is 4.79 Å². The van der Waals surface area contributed by atoms with Gasteiger partial charge in [0.2, 0.25) is 5.91 Å². The molecule has 1 heterocycles. The van der Waals surface area contributed by atoms with Crippen molar-refractivity contribution in [2.24, 2.45) is 23.2 Å². The van der Waals surface area contributed by atoms with E-state index in [1.165, 1.54) is 19.3 Å². The Morgan fingerprint density at radius 3 is 2.28 bits per heavy atom. The van der Waals surface area contributed by atoms with Crippen molar-refractivity contribution in [3.8, 4) is 6.07 Å². The zero-order chi connectivity index (χ0) is 20.8. The highest BCUT2D eigenvalue weighted by Gasteiger charge is 2.55. The molecule has 5 fully saturated rings. The molecular weight excluding hydrogens is 366 g/mol. The van der Waals surface area contributed by atoms with Gasteiger partial charge in [-0.2, -0.15) is 5.26 Å². The molecule has 1 saturated heterocycles. The molecule has 1 aliphatic heterocycles. The van der Waals surface area contributed by atoms with Gasteiger partial charge in [0.15, 0.2) is 0 Å². The third kappa shape index (κ3) is 4.25. The summed E-state index contributed by atoms with van der Waals surface area (Å²) in [6, 6.07) is 1.74. The lowest BCUT2D eigenvalue weighted by Crippen LogP contribution is -2.58. The minimum atomic E-state index is -0.568. The first-order valence-electron chi connectivity index (χ1n) is 11.4. The minimum Gasteiger partial charge on any atom is -0.444 e. The number of ether oxygens (including phenoxy) is 1. The molecule has 6 nitrogen and oxygen atoms in total. The number of carbonyl (C=O) groups is 2. The maximum absolute atomic E-state index is 13.2. The fourth-order valence-corrected chi connectivity index (χ4v) is 6.97. The predicted octanol–water partition coefficient (Wildman–Crippen LogP) is 4.00. The van der Waals surface area contributed by atoms with E-state index in [1.54, 1.807) is 4.90 Å². The van der Waals surface area contributed by atoms with Crippen LogP contribution in [-0.4, -0.2) is 41.1 Å². The van der Waals surface area contributed by atoms with Crippen molar-refractivity contribution in [3.05, 3.63) is 0 Å². The molecule has 5 rings (SSSR count). The average Bonchev–Trinajstić information content (AvgIpc) is 3.07. The fraction of sp³-hybridized carbons (Fsp3) is 0.870. The monoisotopic (exact) mass is 401 g/mol. The first-order valence-corrected chi connectivity index (χ1v) is 11.4. The van der Waals surface area contributed by atoms with Crippen LogP contribution in [0, 0.1) is 34.5 Å². The van der Waals surface area contributed by atoms with E-state index in [4.69, 9.17) is 4.74 Å². The van der Waals surface area contributed by atoms with Gasteiger partial charge in [-0.05, 0) is 95.3 Å². The topological polar surface area (TPSA) is 82.4 Å². The number of likely N-dealkylation sites (tertiary alicyclic amines) is 1. The van der Waals surface area contributed by atoms with E-state index >= 15 is 0 Å². The van der Waals surface area contributed by atoms with Gasteiger partial charge in [0, 0.05) is 19.0 Å². The van der Waals surface area contributed by atoms with Crippen molar-refractivity contribution in [3.63, 3.8) is 0 Å². The summed E-state index contributed by atoms with van der Waals surface area (Å²) in [4.78, 5) is 27.6. The summed E-state index contributed by atoms with van der Waals surface area (Å²) in [5, 5.41) is 12.5. The summed E-state index contributed by atoms with van der Waals surface area (Å²) in [5.41, 5.74) is -0.565. The van der Waals surface area contributed by atoms with E-state index in [0.29, 0.717) is 6.54 Å². The molecule has 160 valence electrons. The lowest BCUT2D eigenvalue weighted by atomic mass is 9.47. The van der Waals surface area contributed by atoms with Crippen molar-refractivity contribution in [1.82, 2.24) is 10.2 Å². The number of alkyl carbamates (subject to hydrolysis) is 1. The average molecular weight is 402 g/mol. The largest absolute Gasteiger partial charge is 0.444 e. The van der Waals surface area contributed by atoms with Crippen LogP contribution in [0.2, 0.25) is 0 Å². The fourth-order valence-electron chi connectivity index (χ4n) is 6.97. The minimum absolute atomic E-state index is 0.00315. The van der Waals surface area contributed by atoms with Crippen LogP contribution in [0.1, 0.15) is 78.6 Å². The number of carbonyl (C=O) groups excluding carboxylic acids is 2. The van der Waals surface area contributed by atoms with E-state index < -0.39 is 11.7 Å². The van der Waals surface area contributed by atoms with Crippen LogP contribution >= 0.6 is 0 Å². The Hall–Kier alpha value is -1.77. The lowest BCUT2D eigenvalue weighted by molar-refractivity contribution is -0.135. The number of nitrogens with one attached hydrogen (secondary N) is 1. The van der Waals surface area contributed by atoms with Gasteiger partial charge >= 0.3 is 6.09 Å². The summed E-state index contributed by atoms with van der Waals surface area (Å²) >= 11 is 0. The third-order valence-electron chi connectivity index (χ3n) is 7.62. The van der Waals surface area contributed by atoms with Gasteiger partial charge in [-0.15, -0.1) is 0 Å². The first kappa shape index (κ1) is 20.5. The summed E-state index contributed by atoms with van der Waals surface area (Å²) in [5.74, 6) is 2.21. The molecule has 4 saturated carbocycles. The van der Waals surface area contributed by atoms with Gasteiger partial charge in [-0.3, -0.25) is 4.79 Å². The summed E-state index contributed by atoms with van der Waals surface area (Å²) in [7, 11) is 0. The van der Waals surface area contributed by atoms with Crippen molar-refractivity contribution >= 4 is 12.0 Å². The molecule has 0 aromatic rings. The molecular formula is C23H35N3O3. The molecule has 6 heteroatoms. The normalized spacial score (nSPS) is 36.6. The van der Waals surface area contributed by atoms with Crippen molar-refractivity contribution < 1.29 is 14.3 Å². The van der Waals surface area contributed by atoms with E-state index in [9.17, 15) is 14.9 Å². The Bertz CT molecular complexity index is 670. The number of nitrogens with zero attached hydrogens (tertiary/aromatic N) is 2. The number of amides is 2. The van der Waals surface area contributed by atoms with Gasteiger partial charge in [0.1, 0.15) is 11.6 Å². The molecule has 29 heavy (non-hydrogen) atoms.